The summed E-state index contributed by atoms with van der Waals surface area (Å²) >= 11 is 0. The highest BCUT2D eigenvalue weighted by atomic mass is 16.1. The van der Waals surface area contributed by atoms with Gasteiger partial charge in [0, 0.05) is 44.8 Å². The number of pyridine rings is 1. The molecule has 0 atom stereocenters. The molecule has 22 heavy (non-hydrogen) atoms. The lowest BCUT2D eigenvalue weighted by molar-refractivity contribution is 0.202. The molecule has 0 aliphatic carbocycles. The summed E-state index contributed by atoms with van der Waals surface area (Å²) < 4.78 is 3.32. The zero-order valence-corrected chi connectivity index (χ0v) is 12.4. The molecule has 0 saturated carbocycles. The second-order valence-electron chi connectivity index (χ2n) is 6.16. The highest BCUT2D eigenvalue weighted by Crippen LogP contribution is 2.15. The smallest absolute Gasteiger partial charge is 0.275 e. The van der Waals surface area contributed by atoms with Crippen LogP contribution in [0.5, 0.6) is 0 Å². The molecule has 0 bridgehead atoms. The van der Waals surface area contributed by atoms with E-state index in [1.165, 1.54) is 6.07 Å². The fraction of sp³-hybridized carbons (Fsp3) is 0.533. The second kappa shape index (κ2) is 5.03. The topological polar surface area (TPSA) is 86.2 Å². The lowest BCUT2D eigenvalue weighted by Crippen LogP contribution is -2.40. The lowest BCUT2D eigenvalue weighted by atomic mass is 10.1. The maximum Gasteiger partial charge on any atom is 0.275 e. The zero-order chi connectivity index (χ0) is 15.3. The summed E-state index contributed by atoms with van der Waals surface area (Å²) in [6, 6.07) is 3.51. The van der Waals surface area contributed by atoms with E-state index in [-0.39, 0.29) is 17.2 Å². The van der Waals surface area contributed by atoms with Gasteiger partial charge in [-0.05, 0) is 18.9 Å². The molecule has 4 rings (SSSR count). The highest BCUT2D eigenvalue weighted by Gasteiger charge is 2.22. The Morgan fingerprint density at radius 3 is 2.59 bits per heavy atom. The minimum Gasteiger partial charge on any atom is -0.328 e. The Morgan fingerprint density at radius 2 is 1.82 bits per heavy atom. The van der Waals surface area contributed by atoms with Crippen LogP contribution in [0.1, 0.15) is 18.5 Å². The Kier molecular flexibility index (Phi) is 3.12. The van der Waals surface area contributed by atoms with E-state index in [4.69, 9.17) is 5.73 Å². The van der Waals surface area contributed by atoms with Crippen LogP contribution < -0.4 is 16.9 Å². The van der Waals surface area contributed by atoms with E-state index in [2.05, 4.69) is 9.88 Å². The molecule has 0 amide bonds. The molecule has 0 unspecified atom stereocenters. The summed E-state index contributed by atoms with van der Waals surface area (Å²) in [5.41, 5.74) is 7.72. The van der Waals surface area contributed by atoms with Crippen molar-refractivity contribution in [2.45, 2.75) is 38.5 Å². The minimum absolute atomic E-state index is 0.0702. The van der Waals surface area contributed by atoms with Crippen LogP contribution in [0.25, 0.3) is 11.2 Å². The SMILES string of the molecule is NC1CCN(Cc2nc3ccc(=O)n4c3n(c2=O)CC4)CC1. The molecule has 1 fully saturated rings. The van der Waals surface area contributed by atoms with Crippen molar-refractivity contribution in [3.05, 3.63) is 38.5 Å². The Bertz CT molecular complexity index is 845. The molecule has 0 spiro atoms. The number of aromatic nitrogens is 3. The largest absolute Gasteiger partial charge is 0.328 e. The average molecular weight is 301 g/mol. The summed E-state index contributed by atoms with van der Waals surface area (Å²) in [4.78, 5) is 31.2. The molecule has 4 heterocycles. The van der Waals surface area contributed by atoms with E-state index in [0.29, 0.717) is 31.0 Å². The summed E-state index contributed by atoms with van der Waals surface area (Å²) in [6.45, 7) is 3.46. The van der Waals surface area contributed by atoms with Crippen LogP contribution in [-0.2, 0) is 19.6 Å². The molecule has 2 aliphatic rings. The van der Waals surface area contributed by atoms with E-state index < -0.39 is 0 Å². The number of likely N-dealkylation sites (tertiary alicyclic amines) is 1. The third-order valence-corrected chi connectivity index (χ3v) is 4.69. The molecule has 7 nitrogen and oxygen atoms in total. The molecule has 116 valence electrons. The fourth-order valence-corrected chi connectivity index (χ4v) is 3.42. The maximum absolute atomic E-state index is 12.6. The highest BCUT2D eigenvalue weighted by molar-refractivity contribution is 5.71. The van der Waals surface area contributed by atoms with E-state index >= 15 is 0 Å². The first-order valence-corrected chi connectivity index (χ1v) is 7.75. The molecule has 2 N–H and O–H groups in total. The van der Waals surface area contributed by atoms with Crippen LogP contribution >= 0.6 is 0 Å². The third-order valence-electron chi connectivity index (χ3n) is 4.69. The summed E-state index contributed by atoms with van der Waals surface area (Å²) in [5.74, 6) is 0. The Morgan fingerprint density at radius 1 is 1.09 bits per heavy atom. The number of aryl methyl sites for hydroxylation is 2. The quantitative estimate of drug-likeness (QED) is 0.808. The van der Waals surface area contributed by atoms with Crippen molar-refractivity contribution in [1.29, 1.82) is 0 Å². The number of nitrogens with zero attached hydrogens (tertiary/aromatic N) is 4. The van der Waals surface area contributed by atoms with Gasteiger partial charge in [0.05, 0.1) is 0 Å². The lowest BCUT2D eigenvalue weighted by Gasteiger charge is -2.29. The van der Waals surface area contributed by atoms with Crippen molar-refractivity contribution >= 4 is 11.2 Å². The first-order chi connectivity index (χ1) is 10.6. The first kappa shape index (κ1) is 13.7. The van der Waals surface area contributed by atoms with E-state index in [0.717, 1.165) is 31.4 Å². The van der Waals surface area contributed by atoms with Gasteiger partial charge in [-0.15, -0.1) is 0 Å². The van der Waals surface area contributed by atoms with Gasteiger partial charge in [-0.1, -0.05) is 0 Å². The van der Waals surface area contributed by atoms with Crippen molar-refractivity contribution in [3.8, 4) is 0 Å². The monoisotopic (exact) mass is 301 g/mol. The van der Waals surface area contributed by atoms with Crippen molar-refractivity contribution in [1.82, 2.24) is 19.0 Å². The summed E-state index contributed by atoms with van der Waals surface area (Å²) in [7, 11) is 0. The molecular formula is C15H19N5O2. The predicted octanol–water partition coefficient (Wildman–Crippen LogP) is -0.505. The van der Waals surface area contributed by atoms with Gasteiger partial charge in [0.1, 0.15) is 16.9 Å². The third kappa shape index (κ3) is 2.08. The van der Waals surface area contributed by atoms with Gasteiger partial charge in [-0.3, -0.25) is 23.6 Å². The molecule has 1 saturated heterocycles. The normalized spacial score (nSPS) is 19.1. The molecule has 0 radical (unpaired) electrons. The number of hydrogen-bond donors (Lipinski definition) is 1. The van der Waals surface area contributed by atoms with Gasteiger partial charge in [-0.25, -0.2) is 4.98 Å². The van der Waals surface area contributed by atoms with Gasteiger partial charge in [-0.2, -0.15) is 0 Å². The number of hydrogen-bond acceptors (Lipinski definition) is 5. The second-order valence-corrected chi connectivity index (χ2v) is 6.16. The number of nitrogens with two attached hydrogens (primary N) is 1. The average Bonchev–Trinajstić information content (AvgIpc) is 2.96. The van der Waals surface area contributed by atoms with Gasteiger partial charge in [0.25, 0.3) is 11.1 Å². The minimum atomic E-state index is -0.0716. The number of piperidine rings is 1. The van der Waals surface area contributed by atoms with E-state index in [1.807, 2.05) is 0 Å². The van der Waals surface area contributed by atoms with Crippen LogP contribution in [0.4, 0.5) is 0 Å². The van der Waals surface area contributed by atoms with Gasteiger partial charge < -0.3 is 5.73 Å². The van der Waals surface area contributed by atoms with Crippen LogP contribution in [0.3, 0.4) is 0 Å². The molecule has 2 aromatic rings. The molecule has 2 aliphatic heterocycles. The van der Waals surface area contributed by atoms with Crippen LogP contribution in [0.2, 0.25) is 0 Å². The molecule has 7 heteroatoms. The Hall–Kier alpha value is -1.99. The van der Waals surface area contributed by atoms with Crippen LogP contribution in [0, 0.1) is 0 Å². The molecule has 0 aromatic carbocycles. The Labute approximate surface area is 127 Å². The summed E-state index contributed by atoms with van der Waals surface area (Å²) in [6.07, 6.45) is 1.92. The van der Waals surface area contributed by atoms with Crippen molar-refractivity contribution in [2.24, 2.45) is 5.73 Å². The zero-order valence-electron chi connectivity index (χ0n) is 12.4. The first-order valence-electron chi connectivity index (χ1n) is 7.75. The van der Waals surface area contributed by atoms with Gasteiger partial charge in [0.15, 0.2) is 0 Å². The van der Waals surface area contributed by atoms with Gasteiger partial charge in [0.2, 0.25) is 0 Å². The van der Waals surface area contributed by atoms with E-state index in [9.17, 15) is 9.59 Å². The standard InChI is InChI=1S/C15H19N5O2/c16-10-3-5-18(6-4-10)9-12-15(22)20-8-7-19-13(21)2-1-11(17-12)14(19)20/h1-2,10H,3-9,16H2. The maximum atomic E-state index is 12.6. The van der Waals surface area contributed by atoms with Gasteiger partial charge >= 0.3 is 0 Å². The van der Waals surface area contributed by atoms with Crippen LogP contribution in [-0.4, -0.2) is 38.1 Å². The Balaban J connectivity index is 1.75. The van der Waals surface area contributed by atoms with Crippen molar-refractivity contribution in [3.63, 3.8) is 0 Å². The number of rotatable bonds is 2. The van der Waals surface area contributed by atoms with Crippen molar-refractivity contribution < 1.29 is 0 Å². The van der Waals surface area contributed by atoms with E-state index in [1.54, 1.807) is 15.2 Å². The van der Waals surface area contributed by atoms with Crippen LogP contribution in [0.15, 0.2) is 21.7 Å². The summed E-state index contributed by atoms with van der Waals surface area (Å²) in [5, 5.41) is 0. The molecule has 2 aromatic heterocycles. The predicted molar refractivity (Wildman–Crippen MR) is 82.7 cm³/mol. The molecular weight excluding hydrogens is 282 g/mol. The van der Waals surface area contributed by atoms with Crippen molar-refractivity contribution in [2.75, 3.05) is 13.1 Å². The fourth-order valence-electron chi connectivity index (χ4n) is 3.42.